The van der Waals surface area contributed by atoms with E-state index in [9.17, 15) is 4.39 Å². The average Bonchev–Trinajstić information content (AvgIpc) is 3.22. The molecule has 5 nitrogen and oxygen atoms in total. The average molecular weight is 318 g/mol. The quantitative estimate of drug-likeness (QED) is 0.869. The molecule has 1 saturated heterocycles. The third-order valence-electron chi connectivity index (χ3n) is 4.23. The summed E-state index contributed by atoms with van der Waals surface area (Å²) in [4.78, 5) is 4.56. The number of hydrogen-bond donors (Lipinski definition) is 0. The standard InChI is InChI=1S/C17H19FN2O3/c18-12-3-4-16(23-10-13-2-1-6-22-13)14(8-12)15-9-20-5-7-21-11-17(20)19-15/h3-4,8-9,13H,1-2,5-7,10-11H2/t13-/m0/s1. The fourth-order valence-corrected chi connectivity index (χ4v) is 3.01. The summed E-state index contributed by atoms with van der Waals surface area (Å²) < 4.78 is 32.6. The smallest absolute Gasteiger partial charge is 0.135 e. The van der Waals surface area contributed by atoms with Gasteiger partial charge in [-0.25, -0.2) is 9.37 Å². The molecule has 0 radical (unpaired) electrons. The lowest BCUT2D eigenvalue weighted by Crippen LogP contribution is -2.16. The van der Waals surface area contributed by atoms with E-state index in [2.05, 4.69) is 4.98 Å². The van der Waals surface area contributed by atoms with E-state index in [1.54, 1.807) is 6.07 Å². The molecule has 122 valence electrons. The Morgan fingerprint density at radius 3 is 3.13 bits per heavy atom. The number of fused-ring (bicyclic) bond motifs is 1. The van der Waals surface area contributed by atoms with Gasteiger partial charge in [-0.05, 0) is 31.0 Å². The zero-order chi connectivity index (χ0) is 15.6. The molecule has 2 aliphatic heterocycles. The maximum Gasteiger partial charge on any atom is 0.135 e. The number of rotatable bonds is 4. The van der Waals surface area contributed by atoms with Crippen molar-refractivity contribution >= 4 is 0 Å². The van der Waals surface area contributed by atoms with Crippen LogP contribution in [-0.4, -0.2) is 35.5 Å². The summed E-state index contributed by atoms with van der Waals surface area (Å²) in [5.74, 6) is 1.20. The minimum atomic E-state index is -0.299. The highest BCUT2D eigenvalue weighted by Crippen LogP contribution is 2.31. The van der Waals surface area contributed by atoms with E-state index >= 15 is 0 Å². The summed E-state index contributed by atoms with van der Waals surface area (Å²) in [6, 6.07) is 4.54. The van der Waals surface area contributed by atoms with Gasteiger partial charge < -0.3 is 18.8 Å². The lowest BCUT2D eigenvalue weighted by molar-refractivity contribution is 0.0681. The molecule has 0 saturated carbocycles. The fourth-order valence-electron chi connectivity index (χ4n) is 3.01. The van der Waals surface area contributed by atoms with Crippen LogP contribution >= 0.6 is 0 Å². The van der Waals surface area contributed by atoms with Crippen molar-refractivity contribution in [2.24, 2.45) is 0 Å². The van der Waals surface area contributed by atoms with E-state index in [0.29, 0.717) is 36.8 Å². The highest BCUT2D eigenvalue weighted by atomic mass is 19.1. The highest BCUT2D eigenvalue weighted by molar-refractivity contribution is 5.67. The van der Waals surface area contributed by atoms with Crippen LogP contribution in [0.5, 0.6) is 5.75 Å². The summed E-state index contributed by atoms with van der Waals surface area (Å²) in [5, 5.41) is 0. The second-order valence-electron chi connectivity index (χ2n) is 5.87. The van der Waals surface area contributed by atoms with Crippen molar-refractivity contribution in [3.8, 4) is 17.0 Å². The van der Waals surface area contributed by atoms with Crippen LogP contribution in [0.3, 0.4) is 0 Å². The predicted octanol–water partition coefficient (Wildman–Crippen LogP) is 2.78. The molecule has 1 atom stereocenters. The van der Waals surface area contributed by atoms with Crippen LogP contribution in [0.15, 0.2) is 24.4 Å². The van der Waals surface area contributed by atoms with Crippen molar-refractivity contribution in [1.82, 2.24) is 9.55 Å². The van der Waals surface area contributed by atoms with E-state index in [-0.39, 0.29) is 11.9 Å². The van der Waals surface area contributed by atoms with Gasteiger partial charge >= 0.3 is 0 Å². The zero-order valence-corrected chi connectivity index (χ0v) is 12.8. The Morgan fingerprint density at radius 1 is 1.35 bits per heavy atom. The molecular weight excluding hydrogens is 299 g/mol. The van der Waals surface area contributed by atoms with Crippen LogP contribution < -0.4 is 4.74 Å². The minimum Gasteiger partial charge on any atom is -0.490 e. The van der Waals surface area contributed by atoms with Gasteiger partial charge in [0.2, 0.25) is 0 Å². The van der Waals surface area contributed by atoms with E-state index in [1.165, 1.54) is 12.1 Å². The molecule has 6 heteroatoms. The molecule has 4 rings (SSSR count). The lowest BCUT2D eigenvalue weighted by atomic mass is 10.1. The van der Waals surface area contributed by atoms with Gasteiger partial charge in [-0.2, -0.15) is 0 Å². The molecule has 1 fully saturated rings. The third-order valence-corrected chi connectivity index (χ3v) is 4.23. The molecule has 0 N–H and O–H groups in total. The Hall–Kier alpha value is -1.92. The van der Waals surface area contributed by atoms with Gasteiger partial charge in [-0.3, -0.25) is 0 Å². The van der Waals surface area contributed by atoms with Crippen LogP contribution in [-0.2, 0) is 22.6 Å². The Bertz CT molecular complexity index is 672. The molecule has 1 aromatic heterocycles. The number of halogens is 1. The molecule has 0 bridgehead atoms. The summed E-state index contributed by atoms with van der Waals surface area (Å²) in [7, 11) is 0. The number of benzene rings is 1. The van der Waals surface area contributed by atoms with Gasteiger partial charge in [0.05, 0.1) is 18.4 Å². The van der Waals surface area contributed by atoms with Crippen molar-refractivity contribution in [3.63, 3.8) is 0 Å². The SMILES string of the molecule is Fc1ccc(OC[C@@H]2CCCO2)c(-c2cn3c(n2)COCC3)c1. The number of hydrogen-bond acceptors (Lipinski definition) is 4. The Labute approximate surface area is 134 Å². The van der Waals surface area contributed by atoms with Gasteiger partial charge in [0.1, 0.15) is 30.6 Å². The van der Waals surface area contributed by atoms with Crippen LogP contribution in [0.25, 0.3) is 11.3 Å². The van der Waals surface area contributed by atoms with Gasteiger partial charge in [0.25, 0.3) is 0 Å². The van der Waals surface area contributed by atoms with Crippen molar-refractivity contribution in [1.29, 1.82) is 0 Å². The number of aromatic nitrogens is 2. The molecule has 0 unspecified atom stereocenters. The maximum absolute atomic E-state index is 13.7. The molecule has 0 aliphatic carbocycles. The maximum atomic E-state index is 13.7. The molecule has 0 amide bonds. The first-order chi connectivity index (χ1) is 11.3. The zero-order valence-electron chi connectivity index (χ0n) is 12.8. The Morgan fingerprint density at radius 2 is 2.30 bits per heavy atom. The predicted molar refractivity (Wildman–Crippen MR) is 81.7 cm³/mol. The second-order valence-corrected chi connectivity index (χ2v) is 5.87. The monoisotopic (exact) mass is 318 g/mol. The summed E-state index contributed by atoms with van der Waals surface area (Å²) in [6.07, 6.45) is 4.13. The van der Waals surface area contributed by atoms with Crippen LogP contribution in [0.4, 0.5) is 4.39 Å². The van der Waals surface area contributed by atoms with Gasteiger partial charge in [-0.1, -0.05) is 0 Å². The topological polar surface area (TPSA) is 45.5 Å². The van der Waals surface area contributed by atoms with E-state index < -0.39 is 0 Å². The van der Waals surface area contributed by atoms with E-state index in [4.69, 9.17) is 14.2 Å². The summed E-state index contributed by atoms with van der Waals surface area (Å²) in [6.45, 7) is 3.20. The number of nitrogens with zero attached hydrogens (tertiary/aromatic N) is 2. The van der Waals surface area contributed by atoms with Gasteiger partial charge in [0, 0.05) is 24.9 Å². The molecular formula is C17H19FN2O3. The Balaban J connectivity index is 1.60. The van der Waals surface area contributed by atoms with Crippen molar-refractivity contribution < 1.29 is 18.6 Å². The Kier molecular flexibility index (Phi) is 4.01. The van der Waals surface area contributed by atoms with E-state index in [0.717, 1.165) is 31.8 Å². The first-order valence-electron chi connectivity index (χ1n) is 7.98. The molecule has 0 spiro atoms. The third kappa shape index (κ3) is 3.09. The van der Waals surface area contributed by atoms with Crippen molar-refractivity contribution in [3.05, 3.63) is 36.0 Å². The fraction of sp³-hybridized carbons (Fsp3) is 0.471. The van der Waals surface area contributed by atoms with Crippen molar-refractivity contribution in [2.45, 2.75) is 32.1 Å². The first kappa shape index (κ1) is 14.7. The largest absolute Gasteiger partial charge is 0.490 e. The summed E-state index contributed by atoms with van der Waals surface area (Å²) >= 11 is 0. The van der Waals surface area contributed by atoms with Crippen molar-refractivity contribution in [2.75, 3.05) is 19.8 Å². The summed E-state index contributed by atoms with van der Waals surface area (Å²) in [5.41, 5.74) is 1.39. The molecule has 2 aromatic rings. The second kappa shape index (κ2) is 6.29. The molecule has 2 aliphatic rings. The van der Waals surface area contributed by atoms with Gasteiger partial charge in [0.15, 0.2) is 0 Å². The molecule has 3 heterocycles. The molecule has 1 aromatic carbocycles. The lowest BCUT2D eigenvalue weighted by Gasteiger charge is -2.14. The number of ether oxygens (including phenoxy) is 3. The molecule has 23 heavy (non-hydrogen) atoms. The van der Waals surface area contributed by atoms with Gasteiger partial charge in [-0.15, -0.1) is 0 Å². The normalized spacial score (nSPS) is 20.5. The van der Waals surface area contributed by atoms with Crippen LogP contribution in [0.1, 0.15) is 18.7 Å². The minimum absolute atomic E-state index is 0.122. The van der Waals surface area contributed by atoms with Crippen LogP contribution in [0.2, 0.25) is 0 Å². The van der Waals surface area contributed by atoms with E-state index in [1.807, 2.05) is 10.8 Å². The first-order valence-corrected chi connectivity index (χ1v) is 7.98. The highest BCUT2D eigenvalue weighted by Gasteiger charge is 2.19. The number of imidazole rings is 1. The van der Waals surface area contributed by atoms with Crippen LogP contribution in [0, 0.1) is 5.82 Å².